The molecule has 1 aromatic carbocycles. The molecule has 1 aromatic rings. The van der Waals surface area contributed by atoms with E-state index in [9.17, 15) is 14.4 Å². The molecule has 0 saturated carbocycles. The van der Waals surface area contributed by atoms with Gasteiger partial charge in [0.1, 0.15) is 0 Å². The molecule has 1 aliphatic rings. The number of imide groups is 1. The first kappa shape index (κ1) is 21.3. The SMILES string of the molecule is C=CCN1C(=O)S/C(=C/c2cc(I)c(OCC(=O)OC)c(OCC)c2)C1=O. The summed E-state index contributed by atoms with van der Waals surface area (Å²) in [4.78, 5) is 37.1. The summed E-state index contributed by atoms with van der Waals surface area (Å²) in [5, 5.41) is -0.330. The van der Waals surface area contributed by atoms with Crippen LogP contribution in [-0.2, 0) is 14.3 Å². The van der Waals surface area contributed by atoms with Crippen LogP contribution in [0.4, 0.5) is 4.79 Å². The standard InChI is InChI=1S/C18H18INO6S/c1-4-6-20-17(22)14(27-18(20)23)9-11-7-12(19)16(13(8-11)25-5-2)26-10-15(21)24-3/h4,7-9H,1,5-6,10H2,2-3H3/b14-9+. The molecule has 1 aliphatic heterocycles. The van der Waals surface area contributed by atoms with Crippen molar-refractivity contribution < 1.29 is 28.6 Å². The van der Waals surface area contributed by atoms with E-state index in [0.29, 0.717) is 32.1 Å². The molecule has 144 valence electrons. The summed E-state index contributed by atoms with van der Waals surface area (Å²) in [6.07, 6.45) is 3.13. The molecule has 0 bridgehead atoms. The van der Waals surface area contributed by atoms with Crippen LogP contribution in [0.3, 0.4) is 0 Å². The van der Waals surface area contributed by atoms with E-state index in [-0.39, 0.29) is 24.3 Å². The number of rotatable bonds is 8. The molecule has 2 rings (SSSR count). The predicted octanol–water partition coefficient (Wildman–Crippen LogP) is 3.46. The zero-order chi connectivity index (χ0) is 20.0. The van der Waals surface area contributed by atoms with Gasteiger partial charge in [-0.3, -0.25) is 14.5 Å². The lowest BCUT2D eigenvalue weighted by atomic mass is 10.2. The van der Waals surface area contributed by atoms with Gasteiger partial charge in [0.15, 0.2) is 18.1 Å². The van der Waals surface area contributed by atoms with E-state index in [1.807, 2.05) is 6.92 Å². The Labute approximate surface area is 174 Å². The van der Waals surface area contributed by atoms with Crippen molar-refractivity contribution in [1.82, 2.24) is 4.90 Å². The molecule has 1 heterocycles. The van der Waals surface area contributed by atoms with Crippen molar-refractivity contribution in [1.29, 1.82) is 0 Å². The van der Waals surface area contributed by atoms with E-state index in [2.05, 4.69) is 33.9 Å². The van der Waals surface area contributed by atoms with Crippen LogP contribution in [0.5, 0.6) is 11.5 Å². The van der Waals surface area contributed by atoms with Crippen LogP contribution < -0.4 is 9.47 Å². The Kier molecular flexibility index (Phi) is 7.72. The number of thioether (sulfide) groups is 1. The van der Waals surface area contributed by atoms with Crippen molar-refractivity contribution in [2.45, 2.75) is 6.92 Å². The molecule has 2 amide bonds. The lowest BCUT2D eigenvalue weighted by molar-refractivity contribution is -0.143. The highest BCUT2D eigenvalue weighted by Crippen LogP contribution is 2.37. The predicted molar refractivity (Wildman–Crippen MR) is 111 cm³/mol. The zero-order valence-electron chi connectivity index (χ0n) is 14.8. The van der Waals surface area contributed by atoms with E-state index >= 15 is 0 Å². The highest BCUT2D eigenvalue weighted by atomic mass is 127. The van der Waals surface area contributed by atoms with Gasteiger partial charge in [-0.25, -0.2) is 4.79 Å². The Balaban J connectivity index is 2.33. The average molecular weight is 503 g/mol. The molecule has 0 aromatic heterocycles. The van der Waals surface area contributed by atoms with Gasteiger partial charge in [-0.1, -0.05) is 6.08 Å². The van der Waals surface area contributed by atoms with Crippen LogP contribution in [0, 0.1) is 3.57 Å². The summed E-state index contributed by atoms with van der Waals surface area (Å²) in [5.74, 6) is -0.0123. The normalized spacial score (nSPS) is 15.2. The second-order valence-corrected chi connectivity index (χ2v) is 7.36. The number of hydrogen-bond acceptors (Lipinski definition) is 7. The van der Waals surface area contributed by atoms with E-state index in [4.69, 9.17) is 9.47 Å². The Bertz CT molecular complexity index is 807. The Morgan fingerprint density at radius 2 is 2.07 bits per heavy atom. The number of methoxy groups -OCH3 is 1. The summed E-state index contributed by atoms with van der Waals surface area (Å²) in [5.41, 5.74) is 0.678. The fourth-order valence-electron chi connectivity index (χ4n) is 2.20. The highest BCUT2D eigenvalue weighted by Gasteiger charge is 2.34. The van der Waals surface area contributed by atoms with E-state index in [1.54, 1.807) is 18.2 Å². The molecule has 0 aliphatic carbocycles. The first-order valence-corrected chi connectivity index (χ1v) is 9.83. The minimum absolute atomic E-state index is 0.171. The molecule has 7 nitrogen and oxygen atoms in total. The van der Waals surface area contributed by atoms with Gasteiger partial charge in [0.2, 0.25) is 0 Å². The van der Waals surface area contributed by atoms with Gasteiger partial charge in [0, 0.05) is 6.54 Å². The number of amides is 2. The van der Waals surface area contributed by atoms with E-state index in [1.165, 1.54) is 13.2 Å². The van der Waals surface area contributed by atoms with Gasteiger partial charge >= 0.3 is 5.97 Å². The fourth-order valence-corrected chi connectivity index (χ4v) is 3.83. The van der Waals surface area contributed by atoms with Gasteiger partial charge in [0.25, 0.3) is 11.1 Å². The molecular formula is C18H18INO6S. The second kappa shape index (κ2) is 9.79. The third kappa shape index (κ3) is 5.25. The maximum atomic E-state index is 12.3. The second-order valence-electron chi connectivity index (χ2n) is 5.21. The molecule has 0 unspecified atom stereocenters. The number of nitrogens with zero attached hydrogens (tertiary/aromatic N) is 1. The third-order valence-corrected chi connectivity index (χ3v) is 5.09. The van der Waals surface area contributed by atoms with Crippen LogP contribution in [-0.4, -0.2) is 48.9 Å². The van der Waals surface area contributed by atoms with Gasteiger partial charge in [0.05, 0.1) is 22.2 Å². The largest absolute Gasteiger partial charge is 0.490 e. The summed E-state index contributed by atoms with van der Waals surface area (Å²) >= 11 is 2.93. The lowest BCUT2D eigenvalue weighted by Gasteiger charge is -2.14. The summed E-state index contributed by atoms with van der Waals surface area (Å²) in [6.45, 7) is 5.70. The lowest BCUT2D eigenvalue weighted by Crippen LogP contribution is -2.27. The molecule has 1 saturated heterocycles. The fraction of sp³-hybridized carbons (Fsp3) is 0.278. The first-order valence-electron chi connectivity index (χ1n) is 7.93. The smallest absolute Gasteiger partial charge is 0.343 e. The Hall–Kier alpha value is -2.01. The average Bonchev–Trinajstić information content (AvgIpc) is 2.89. The van der Waals surface area contributed by atoms with Crippen LogP contribution in [0.15, 0.2) is 29.7 Å². The number of halogens is 1. The van der Waals surface area contributed by atoms with Crippen LogP contribution in [0.1, 0.15) is 12.5 Å². The third-order valence-electron chi connectivity index (χ3n) is 3.38. The monoisotopic (exact) mass is 503 g/mol. The van der Waals surface area contributed by atoms with Gasteiger partial charge in [-0.05, 0) is 65.0 Å². The van der Waals surface area contributed by atoms with Crippen molar-refractivity contribution in [2.75, 3.05) is 26.9 Å². The maximum Gasteiger partial charge on any atom is 0.343 e. The van der Waals surface area contributed by atoms with Crippen molar-refractivity contribution in [3.63, 3.8) is 0 Å². The van der Waals surface area contributed by atoms with Crippen LogP contribution >= 0.6 is 34.4 Å². The molecule has 0 atom stereocenters. The molecule has 1 fully saturated rings. The maximum absolute atomic E-state index is 12.3. The van der Waals surface area contributed by atoms with Crippen molar-refractivity contribution in [3.05, 3.63) is 38.8 Å². The van der Waals surface area contributed by atoms with Crippen LogP contribution in [0.25, 0.3) is 6.08 Å². The van der Waals surface area contributed by atoms with Gasteiger partial charge < -0.3 is 14.2 Å². The molecule has 0 N–H and O–H groups in total. The van der Waals surface area contributed by atoms with Gasteiger partial charge in [-0.2, -0.15) is 0 Å². The molecule has 0 radical (unpaired) electrons. The van der Waals surface area contributed by atoms with E-state index in [0.717, 1.165) is 16.7 Å². The number of carbonyl (C=O) groups excluding carboxylic acids is 3. The van der Waals surface area contributed by atoms with Crippen molar-refractivity contribution in [3.8, 4) is 11.5 Å². The topological polar surface area (TPSA) is 82.1 Å². The Morgan fingerprint density at radius 1 is 1.33 bits per heavy atom. The molecule has 0 spiro atoms. The van der Waals surface area contributed by atoms with Crippen molar-refractivity contribution >= 4 is 57.5 Å². The number of hydrogen-bond donors (Lipinski definition) is 0. The zero-order valence-corrected chi connectivity index (χ0v) is 17.8. The molecule has 27 heavy (non-hydrogen) atoms. The highest BCUT2D eigenvalue weighted by molar-refractivity contribution is 14.1. The minimum Gasteiger partial charge on any atom is -0.490 e. The number of benzene rings is 1. The number of esters is 1. The van der Waals surface area contributed by atoms with Crippen LogP contribution in [0.2, 0.25) is 0 Å². The summed E-state index contributed by atoms with van der Waals surface area (Å²) in [6, 6.07) is 3.47. The summed E-state index contributed by atoms with van der Waals surface area (Å²) < 4.78 is 16.4. The minimum atomic E-state index is -0.506. The number of ether oxygens (including phenoxy) is 3. The van der Waals surface area contributed by atoms with E-state index < -0.39 is 5.97 Å². The molecular weight excluding hydrogens is 485 g/mol. The number of carbonyl (C=O) groups is 3. The van der Waals surface area contributed by atoms with Gasteiger partial charge in [-0.15, -0.1) is 6.58 Å². The first-order chi connectivity index (χ1) is 12.9. The summed E-state index contributed by atoms with van der Waals surface area (Å²) in [7, 11) is 1.28. The molecule has 9 heteroatoms. The van der Waals surface area contributed by atoms with Crippen molar-refractivity contribution in [2.24, 2.45) is 0 Å². The quantitative estimate of drug-likeness (QED) is 0.233. The Morgan fingerprint density at radius 3 is 2.70 bits per heavy atom.